The highest BCUT2D eigenvalue weighted by molar-refractivity contribution is 9.10. The summed E-state index contributed by atoms with van der Waals surface area (Å²) in [4.78, 5) is 4.24. The van der Waals surface area contributed by atoms with Gasteiger partial charge in [0, 0.05) is 4.47 Å². The Labute approximate surface area is 140 Å². The first-order valence-corrected chi connectivity index (χ1v) is 7.50. The van der Waals surface area contributed by atoms with E-state index in [2.05, 4.69) is 26.1 Å². The molecule has 3 aromatic rings. The summed E-state index contributed by atoms with van der Waals surface area (Å²) in [6, 6.07) is 11.9. The summed E-state index contributed by atoms with van der Waals surface area (Å²) in [5, 5.41) is 3.90. The van der Waals surface area contributed by atoms with Crippen molar-refractivity contribution >= 4 is 15.9 Å². The molecule has 0 amide bonds. The Morgan fingerprint density at radius 2 is 2.00 bits per heavy atom. The van der Waals surface area contributed by atoms with Crippen molar-refractivity contribution in [3.05, 3.63) is 58.6 Å². The minimum Gasteiger partial charge on any atom is -0.496 e. The molecule has 0 aliphatic carbocycles. The van der Waals surface area contributed by atoms with Gasteiger partial charge in [-0.1, -0.05) is 33.2 Å². The molecule has 3 rings (SSSR count). The molecule has 0 unspecified atom stereocenters. The zero-order valence-electron chi connectivity index (χ0n) is 12.1. The first-order valence-electron chi connectivity index (χ1n) is 6.71. The summed E-state index contributed by atoms with van der Waals surface area (Å²) in [7, 11) is 1.57. The highest BCUT2D eigenvalue weighted by atomic mass is 79.9. The van der Waals surface area contributed by atoms with Gasteiger partial charge in [-0.15, -0.1) is 0 Å². The van der Waals surface area contributed by atoms with Gasteiger partial charge >= 0.3 is 0 Å². The Kier molecular flexibility index (Phi) is 4.57. The van der Waals surface area contributed by atoms with E-state index in [9.17, 15) is 4.39 Å². The van der Waals surface area contributed by atoms with Gasteiger partial charge in [-0.05, 0) is 30.3 Å². The molecule has 1 heterocycles. The van der Waals surface area contributed by atoms with E-state index in [-0.39, 0.29) is 18.2 Å². The van der Waals surface area contributed by atoms with Gasteiger partial charge < -0.3 is 14.0 Å². The van der Waals surface area contributed by atoms with Gasteiger partial charge in [0.2, 0.25) is 5.82 Å². The number of aromatic nitrogens is 2. The Bertz CT molecular complexity index is 823. The smallest absolute Gasteiger partial charge is 0.264 e. The monoisotopic (exact) mass is 378 g/mol. The highest BCUT2D eigenvalue weighted by Gasteiger charge is 2.14. The standard InChI is InChI=1S/C16H12BrFN2O3/c1-21-13-5-3-2-4-11(13)16-19-15(23-20-16)9-22-14-7-6-10(17)8-12(14)18/h2-8H,9H2,1H3. The van der Waals surface area contributed by atoms with E-state index >= 15 is 0 Å². The van der Waals surface area contributed by atoms with Crippen molar-refractivity contribution < 1.29 is 18.4 Å². The van der Waals surface area contributed by atoms with Crippen molar-refractivity contribution in [1.29, 1.82) is 0 Å². The van der Waals surface area contributed by atoms with Crippen LogP contribution in [0.15, 0.2) is 51.5 Å². The maximum Gasteiger partial charge on any atom is 0.264 e. The fourth-order valence-electron chi connectivity index (χ4n) is 1.98. The molecule has 23 heavy (non-hydrogen) atoms. The second-order valence-corrected chi connectivity index (χ2v) is 5.49. The summed E-state index contributed by atoms with van der Waals surface area (Å²) in [5.41, 5.74) is 0.708. The van der Waals surface area contributed by atoms with Crippen LogP contribution in [0.4, 0.5) is 4.39 Å². The molecular weight excluding hydrogens is 367 g/mol. The summed E-state index contributed by atoms with van der Waals surface area (Å²) >= 11 is 3.19. The fraction of sp³-hybridized carbons (Fsp3) is 0.125. The molecule has 0 saturated carbocycles. The molecule has 0 N–H and O–H groups in total. The third kappa shape index (κ3) is 3.50. The zero-order chi connectivity index (χ0) is 16.2. The Hall–Kier alpha value is -2.41. The molecule has 5 nitrogen and oxygen atoms in total. The number of para-hydroxylation sites is 1. The lowest BCUT2D eigenvalue weighted by Gasteiger charge is -2.04. The third-order valence-corrected chi connectivity index (χ3v) is 3.55. The molecule has 2 aromatic carbocycles. The molecule has 0 radical (unpaired) electrons. The Morgan fingerprint density at radius 3 is 2.78 bits per heavy atom. The maximum absolute atomic E-state index is 13.7. The number of halogens is 2. The summed E-state index contributed by atoms with van der Waals surface area (Å²) in [6.45, 7) is -0.0271. The van der Waals surface area contributed by atoms with Gasteiger partial charge in [-0.3, -0.25) is 0 Å². The van der Waals surface area contributed by atoms with Crippen molar-refractivity contribution in [3.63, 3.8) is 0 Å². The molecule has 118 valence electrons. The maximum atomic E-state index is 13.7. The van der Waals surface area contributed by atoms with Crippen LogP contribution >= 0.6 is 15.9 Å². The lowest BCUT2D eigenvalue weighted by Crippen LogP contribution is -1.98. The molecule has 0 fully saturated rings. The van der Waals surface area contributed by atoms with E-state index in [0.717, 1.165) is 0 Å². The molecule has 0 aliphatic rings. The van der Waals surface area contributed by atoms with Crippen molar-refractivity contribution in [1.82, 2.24) is 10.1 Å². The molecule has 0 bridgehead atoms. The normalized spacial score (nSPS) is 10.6. The van der Waals surface area contributed by atoms with Crippen molar-refractivity contribution in [2.75, 3.05) is 7.11 Å². The van der Waals surface area contributed by atoms with Crippen LogP contribution < -0.4 is 9.47 Å². The second-order valence-electron chi connectivity index (χ2n) is 4.58. The molecule has 0 atom stereocenters. The van der Waals surface area contributed by atoms with Crippen molar-refractivity contribution in [2.45, 2.75) is 6.61 Å². The molecular formula is C16H12BrFN2O3. The first kappa shape index (κ1) is 15.5. The van der Waals surface area contributed by atoms with E-state index in [1.54, 1.807) is 19.2 Å². The van der Waals surface area contributed by atoms with Gasteiger partial charge in [-0.2, -0.15) is 4.98 Å². The van der Waals surface area contributed by atoms with Crippen LogP contribution in [0.3, 0.4) is 0 Å². The van der Waals surface area contributed by atoms with Gasteiger partial charge in [0.1, 0.15) is 5.75 Å². The van der Waals surface area contributed by atoms with Crippen LogP contribution in [0.25, 0.3) is 11.4 Å². The quantitative estimate of drug-likeness (QED) is 0.664. The average Bonchev–Trinajstić information content (AvgIpc) is 3.03. The number of nitrogens with zero attached hydrogens (tertiary/aromatic N) is 2. The number of benzene rings is 2. The van der Waals surface area contributed by atoms with Crippen LogP contribution in [0.1, 0.15) is 5.89 Å². The largest absolute Gasteiger partial charge is 0.496 e. The van der Waals surface area contributed by atoms with Crippen LogP contribution in [0.5, 0.6) is 11.5 Å². The van der Waals surface area contributed by atoms with E-state index in [0.29, 0.717) is 21.6 Å². The van der Waals surface area contributed by atoms with E-state index in [1.165, 1.54) is 12.1 Å². The van der Waals surface area contributed by atoms with Crippen molar-refractivity contribution in [3.8, 4) is 22.9 Å². The summed E-state index contributed by atoms with van der Waals surface area (Å²) in [5.74, 6) is 0.916. The van der Waals surface area contributed by atoms with Gasteiger partial charge in [-0.25, -0.2) is 4.39 Å². The first-order chi connectivity index (χ1) is 11.2. The number of hydrogen-bond acceptors (Lipinski definition) is 5. The van der Waals surface area contributed by atoms with Crippen LogP contribution in [-0.2, 0) is 6.61 Å². The number of ether oxygens (including phenoxy) is 2. The number of hydrogen-bond donors (Lipinski definition) is 0. The lowest BCUT2D eigenvalue weighted by atomic mass is 10.2. The van der Waals surface area contributed by atoms with Gasteiger partial charge in [0.15, 0.2) is 18.2 Å². The topological polar surface area (TPSA) is 57.4 Å². The molecule has 1 aromatic heterocycles. The molecule has 0 spiro atoms. The average molecular weight is 379 g/mol. The molecule has 0 saturated heterocycles. The highest BCUT2D eigenvalue weighted by Crippen LogP contribution is 2.27. The van der Waals surface area contributed by atoms with E-state index in [4.69, 9.17) is 14.0 Å². The SMILES string of the molecule is COc1ccccc1-c1noc(COc2ccc(Br)cc2F)n1. The summed E-state index contributed by atoms with van der Waals surface area (Å²) in [6.07, 6.45) is 0. The third-order valence-electron chi connectivity index (χ3n) is 3.06. The second kappa shape index (κ2) is 6.78. The predicted octanol–water partition coefficient (Wildman–Crippen LogP) is 4.23. The minimum atomic E-state index is -0.469. The van der Waals surface area contributed by atoms with Crippen LogP contribution in [0, 0.1) is 5.82 Å². The van der Waals surface area contributed by atoms with Gasteiger partial charge in [0.25, 0.3) is 5.89 Å². The Balaban J connectivity index is 1.75. The number of methoxy groups -OCH3 is 1. The lowest BCUT2D eigenvalue weighted by molar-refractivity contribution is 0.234. The van der Waals surface area contributed by atoms with E-state index < -0.39 is 5.82 Å². The predicted molar refractivity (Wildman–Crippen MR) is 84.7 cm³/mol. The van der Waals surface area contributed by atoms with Crippen molar-refractivity contribution in [2.24, 2.45) is 0 Å². The minimum absolute atomic E-state index is 0.0271. The summed E-state index contributed by atoms with van der Waals surface area (Å²) < 4.78 is 30.1. The van der Waals surface area contributed by atoms with Crippen LogP contribution in [-0.4, -0.2) is 17.3 Å². The Morgan fingerprint density at radius 1 is 1.17 bits per heavy atom. The van der Waals surface area contributed by atoms with Crippen LogP contribution in [0.2, 0.25) is 0 Å². The zero-order valence-corrected chi connectivity index (χ0v) is 13.7. The fourth-order valence-corrected chi connectivity index (χ4v) is 2.32. The molecule has 7 heteroatoms. The molecule has 0 aliphatic heterocycles. The number of rotatable bonds is 5. The van der Waals surface area contributed by atoms with E-state index in [1.807, 2.05) is 18.2 Å². The van der Waals surface area contributed by atoms with Gasteiger partial charge in [0.05, 0.1) is 12.7 Å².